The number of fused-ring (bicyclic) bond motifs is 2. The van der Waals surface area contributed by atoms with Crippen molar-refractivity contribution >= 4 is 23.9 Å². The zero-order chi connectivity index (χ0) is 30.4. The first-order chi connectivity index (χ1) is 19.9. The molecule has 1 saturated heterocycles. The second-order valence-electron chi connectivity index (χ2n) is 13.6. The van der Waals surface area contributed by atoms with E-state index in [0.29, 0.717) is 38.8 Å². The summed E-state index contributed by atoms with van der Waals surface area (Å²) < 4.78 is 37.4. The van der Waals surface area contributed by atoms with E-state index in [9.17, 15) is 19.2 Å². The second-order valence-corrected chi connectivity index (χ2v) is 13.6. The van der Waals surface area contributed by atoms with Crippen molar-refractivity contribution < 1.29 is 47.6 Å². The van der Waals surface area contributed by atoms with Crippen LogP contribution < -0.4 is 0 Å². The Morgan fingerprint density at radius 3 is 2.17 bits per heavy atom. The largest absolute Gasteiger partial charge is 0.465 e. The van der Waals surface area contributed by atoms with Crippen LogP contribution in [0.2, 0.25) is 0 Å². The Hall–Kier alpha value is -2.24. The van der Waals surface area contributed by atoms with Gasteiger partial charge in [-0.05, 0) is 31.7 Å². The predicted octanol–water partition coefficient (Wildman–Crippen LogP) is 2.13. The number of hydrogen-bond acceptors (Lipinski definition) is 11. The Morgan fingerprint density at radius 2 is 1.60 bits per heavy atom. The minimum absolute atomic E-state index is 0.106. The van der Waals surface area contributed by atoms with Crippen LogP contribution in [-0.4, -0.2) is 98.8 Å². The summed E-state index contributed by atoms with van der Waals surface area (Å²) in [6.45, 7) is 9.46. The molecule has 0 aromatic heterocycles. The maximum atomic E-state index is 13.0. The van der Waals surface area contributed by atoms with Gasteiger partial charge in [0.2, 0.25) is 0 Å². The molecular formula is C31H45NO10. The minimum Gasteiger partial charge on any atom is -0.465 e. The van der Waals surface area contributed by atoms with Gasteiger partial charge in [0.05, 0.1) is 18.8 Å². The number of hydrogen-bond donors (Lipinski definition) is 0. The first-order valence-corrected chi connectivity index (χ1v) is 15.4. The van der Waals surface area contributed by atoms with Gasteiger partial charge in [-0.3, -0.25) is 24.1 Å². The molecule has 0 radical (unpaired) electrons. The van der Waals surface area contributed by atoms with Gasteiger partial charge >= 0.3 is 23.9 Å². The fourth-order valence-electron chi connectivity index (χ4n) is 11.7. The molecule has 11 heteroatoms. The van der Waals surface area contributed by atoms with Crippen LogP contribution in [0.15, 0.2) is 0 Å². The number of methoxy groups -OCH3 is 2. The number of rotatable bonds is 8. The molecule has 234 valence electrons. The van der Waals surface area contributed by atoms with E-state index < -0.39 is 46.7 Å². The zero-order valence-corrected chi connectivity index (χ0v) is 25.8. The van der Waals surface area contributed by atoms with Crippen molar-refractivity contribution in [2.75, 3.05) is 33.9 Å². The number of carbonyl (C=O) groups excluding carboxylic acids is 4. The summed E-state index contributed by atoms with van der Waals surface area (Å²) >= 11 is 0. The Labute approximate surface area is 247 Å². The van der Waals surface area contributed by atoms with Gasteiger partial charge in [-0.2, -0.15) is 0 Å². The normalized spacial score (nSPS) is 47.9. The zero-order valence-electron chi connectivity index (χ0n) is 25.8. The van der Waals surface area contributed by atoms with Gasteiger partial charge in [0.15, 0.2) is 0 Å². The van der Waals surface area contributed by atoms with Crippen LogP contribution in [0.25, 0.3) is 0 Å². The highest BCUT2D eigenvalue weighted by atomic mass is 16.6. The summed E-state index contributed by atoms with van der Waals surface area (Å²) in [4.78, 5) is 53.0. The molecule has 5 saturated carbocycles. The van der Waals surface area contributed by atoms with Crippen molar-refractivity contribution in [3.05, 3.63) is 0 Å². The molecule has 1 aliphatic heterocycles. The number of likely N-dealkylation sites (tertiary alicyclic amines) is 1. The fraction of sp³-hybridized carbons (Fsp3) is 0.871. The Kier molecular flexibility index (Phi) is 7.21. The Balaban J connectivity index is 1.65. The molecule has 0 aromatic carbocycles. The van der Waals surface area contributed by atoms with Gasteiger partial charge in [0.25, 0.3) is 0 Å². The van der Waals surface area contributed by atoms with Crippen LogP contribution >= 0.6 is 0 Å². The molecule has 6 rings (SSSR count). The Bertz CT molecular complexity index is 1160. The highest BCUT2D eigenvalue weighted by Gasteiger charge is 2.88. The van der Waals surface area contributed by atoms with E-state index in [2.05, 4.69) is 11.8 Å². The summed E-state index contributed by atoms with van der Waals surface area (Å²) in [5.41, 5.74) is -2.10. The number of carbonyl (C=O) groups is 4. The molecule has 6 fully saturated rings. The number of ether oxygens (including phenoxy) is 6. The summed E-state index contributed by atoms with van der Waals surface area (Å²) in [5, 5.41) is 0. The summed E-state index contributed by atoms with van der Waals surface area (Å²) in [6.07, 6.45) is 0.788. The van der Waals surface area contributed by atoms with E-state index in [1.54, 1.807) is 14.2 Å². The van der Waals surface area contributed by atoms with Crippen molar-refractivity contribution in [3.63, 3.8) is 0 Å². The average molecular weight is 592 g/mol. The van der Waals surface area contributed by atoms with Crippen molar-refractivity contribution in [1.82, 2.24) is 4.90 Å². The van der Waals surface area contributed by atoms with Crippen molar-refractivity contribution in [2.45, 2.75) is 96.4 Å². The monoisotopic (exact) mass is 591 g/mol. The SMILES string of the molecule is CCN1C[C@]2(COC(C)=O)CC[C@H](OC(C)=O)[C@]34C1[C@H]([C@H](OC)[C@H]23)[C@@]1(OC(C)=O)C[C@H](OC)[C@H]2C[C@@H]4[C@@H]1[C@H]2OC(C)=O. The van der Waals surface area contributed by atoms with Crippen LogP contribution in [0.3, 0.4) is 0 Å². The van der Waals surface area contributed by atoms with E-state index in [1.807, 2.05) is 0 Å². The third-order valence-corrected chi connectivity index (χ3v) is 12.1. The lowest BCUT2D eigenvalue weighted by Gasteiger charge is -2.69. The first-order valence-electron chi connectivity index (χ1n) is 15.4. The van der Waals surface area contributed by atoms with Crippen LogP contribution in [0.4, 0.5) is 0 Å². The molecule has 1 heterocycles. The summed E-state index contributed by atoms with van der Waals surface area (Å²) in [6, 6.07) is -0.138. The maximum absolute atomic E-state index is 13.0. The van der Waals surface area contributed by atoms with Gasteiger partial charge in [0, 0.05) is 95.4 Å². The molecule has 5 aliphatic carbocycles. The third-order valence-electron chi connectivity index (χ3n) is 12.1. The van der Waals surface area contributed by atoms with Gasteiger partial charge < -0.3 is 28.4 Å². The third kappa shape index (κ3) is 3.74. The van der Waals surface area contributed by atoms with E-state index in [1.165, 1.54) is 27.7 Å². The van der Waals surface area contributed by atoms with E-state index in [0.717, 1.165) is 0 Å². The van der Waals surface area contributed by atoms with Gasteiger partial charge in [-0.1, -0.05) is 6.92 Å². The van der Waals surface area contributed by atoms with Crippen LogP contribution in [0.1, 0.15) is 60.3 Å². The van der Waals surface area contributed by atoms with Crippen LogP contribution in [-0.2, 0) is 47.6 Å². The highest BCUT2D eigenvalue weighted by molar-refractivity contribution is 5.68. The van der Waals surface area contributed by atoms with Crippen molar-refractivity contribution in [3.8, 4) is 0 Å². The smallest absolute Gasteiger partial charge is 0.303 e. The molecule has 0 N–H and O–H groups in total. The maximum Gasteiger partial charge on any atom is 0.303 e. The lowest BCUT2D eigenvalue weighted by atomic mass is 9.43. The quantitative estimate of drug-likeness (QED) is 0.304. The van der Waals surface area contributed by atoms with E-state index in [4.69, 9.17) is 28.4 Å². The second kappa shape index (κ2) is 10.2. The molecule has 1 unspecified atom stereocenters. The standard InChI is InChI=1S/C31H45NO10/c1-8-32-13-29(14-39-15(2)33)10-9-22(40-16(3)34)31-20-11-19-21(37-6)12-30(42-18(5)36,23(20)25(19)41-17(4)35)24(28(31)32)26(38-7)27(29)31/h19-28H,8-14H2,1-7H3/t19-,20-,21+,22+,23-,24+,25+,26+,27-,28?,29+,30-,31+/m1/s1. The van der Waals surface area contributed by atoms with Crippen molar-refractivity contribution in [2.24, 2.45) is 40.4 Å². The molecule has 0 amide bonds. The topological polar surface area (TPSA) is 127 Å². The minimum atomic E-state index is -1.04. The Morgan fingerprint density at radius 1 is 0.881 bits per heavy atom. The highest BCUT2D eigenvalue weighted by Crippen LogP contribution is 2.80. The van der Waals surface area contributed by atoms with Gasteiger partial charge in [0.1, 0.15) is 17.8 Å². The molecule has 0 aromatic rings. The molecule has 6 aliphatic rings. The molecule has 13 atom stereocenters. The van der Waals surface area contributed by atoms with Gasteiger partial charge in [-0.15, -0.1) is 0 Å². The number of nitrogens with zero attached hydrogens (tertiary/aromatic N) is 1. The first kappa shape index (κ1) is 29.8. The molecule has 1 spiro atoms. The predicted molar refractivity (Wildman–Crippen MR) is 146 cm³/mol. The van der Waals surface area contributed by atoms with E-state index in [-0.39, 0.29) is 60.3 Å². The lowest BCUT2D eigenvalue weighted by Crippen LogP contribution is -2.77. The summed E-state index contributed by atoms with van der Waals surface area (Å²) in [7, 11) is 3.36. The van der Waals surface area contributed by atoms with E-state index >= 15 is 0 Å². The molecule has 11 nitrogen and oxygen atoms in total. The van der Waals surface area contributed by atoms with Crippen LogP contribution in [0, 0.1) is 40.4 Å². The molecule has 42 heavy (non-hydrogen) atoms. The number of piperidine rings is 1. The number of esters is 4. The average Bonchev–Trinajstić information content (AvgIpc) is 3.33. The summed E-state index contributed by atoms with van der Waals surface area (Å²) in [5.74, 6) is -2.51. The van der Waals surface area contributed by atoms with Gasteiger partial charge in [-0.25, -0.2) is 0 Å². The van der Waals surface area contributed by atoms with Crippen LogP contribution in [0.5, 0.6) is 0 Å². The fourth-order valence-corrected chi connectivity index (χ4v) is 11.7. The van der Waals surface area contributed by atoms with Crippen molar-refractivity contribution in [1.29, 1.82) is 0 Å². The molecule has 7 bridgehead atoms. The molecular weight excluding hydrogens is 546 g/mol. The lowest BCUT2D eigenvalue weighted by molar-refractivity contribution is -0.280.